The van der Waals surface area contributed by atoms with Crippen LogP contribution in [0.3, 0.4) is 0 Å². The molecule has 2 rings (SSSR count). The smallest absolute Gasteiger partial charge is 0.207 e. The Labute approximate surface area is 136 Å². The topological polar surface area (TPSA) is 37.4 Å². The summed E-state index contributed by atoms with van der Waals surface area (Å²) < 4.78 is 41.0. The van der Waals surface area contributed by atoms with Crippen molar-refractivity contribution in [1.82, 2.24) is 4.31 Å². The molecule has 1 aromatic carbocycles. The monoisotopic (exact) mass is 391 g/mol. The van der Waals surface area contributed by atoms with Crippen molar-refractivity contribution in [3.05, 3.63) is 49.9 Å². The number of benzene rings is 1. The van der Waals surface area contributed by atoms with Crippen molar-refractivity contribution < 1.29 is 12.8 Å². The third-order valence-corrected chi connectivity index (χ3v) is 6.78. The number of halogens is 2. The minimum atomic E-state index is -3.65. The number of sulfonamides is 1. The molecule has 0 N–H and O–H groups in total. The number of hydrogen-bond donors (Lipinski definition) is 0. The summed E-state index contributed by atoms with van der Waals surface area (Å²) in [6.07, 6.45) is 0. The molecule has 1 aromatic heterocycles. The third kappa shape index (κ3) is 3.53. The van der Waals surface area contributed by atoms with E-state index in [1.807, 2.05) is 11.4 Å². The van der Waals surface area contributed by atoms with Crippen molar-refractivity contribution in [2.75, 3.05) is 7.05 Å². The van der Waals surface area contributed by atoms with Gasteiger partial charge in [0.05, 0.1) is 8.68 Å². The second-order valence-electron chi connectivity index (χ2n) is 4.89. The van der Waals surface area contributed by atoms with Crippen LogP contribution in [0, 0.1) is 19.7 Å². The molecule has 0 spiro atoms. The predicted molar refractivity (Wildman–Crippen MR) is 86.5 cm³/mol. The van der Waals surface area contributed by atoms with Crippen molar-refractivity contribution in [2.45, 2.75) is 25.3 Å². The highest BCUT2D eigenvalue weighted by Crippen LogP contribution is 2.27. The SMILES string of the molecule is Cc1cc(F)cc(C)c1S(=O)(=O)N(C)Cc1csc(Br)c1. The third-order valence-electron chi connectivity index (χ3n) is 3.12. The maximum absolute atomic E-state index is 13.3. The fourth-order valence-corrected chi connectivity index (χ4v) is 4.99. The van der Waals surface area contributed by atoms with Gasteiger partial charge in [-0.25, -0.2) is 12.8 Å². The van der Waals surface area contributed by atoms with Crippen LogP contribution in [-0.2, 0) is 16.6 Å². The number of nitrogens with zero attached hydrogens (tertiary/aromatic N) is 1. The Balaban J connectivity index is 2.38. The average Bonchev–Trinajstić information content (AvgIpc) is 2.72. The lowest BCUT2D eigenvalue weighted by molar-refractivity contribution is 0.466. The summed E-state index contributed by atoms with van der Waals surface area (Å²) in [5.74, 6) is -0.423. The Kier molecular flexibility index (Phi) is 4.87. The molecular weight excluding hydrogens is 377 g/mol. The molecule has 0 aliphatic heterocycles. The van der Waals surface area contributed by atoms with E-state index in [4.69, 9.17) is 0 Å². The Morgan fingerprint density at radius 1 is 1.24 bits per heavy atom. The second-order valence-corrected chi connectivity index (χ2v) is 9.16. The van der Waals surface area contributed by atoms with E-state index < -0.39 is 15.8 Å². The molecule has 0 atom stereocenters. The van der Waals surface area contributed by atoms with Crippen LogP contribution in [0.5, 0.6) is 0 Å². The van der Waals surface area contributed by atoms with Crippen LogP contribution in [0.2, 0.25) is 0 Å². The zero-order valence-corrected chi connectivity index (χ0v) is 15.1. The van der Waals surface area contributed by atoms with Crippen molar-refractivity contribution in [3.63, 3.8) is 0 Å². The fourth-order valence-electron chi connectivity index (χ4n) is 2.23. The summed E-state index contributed by atoms with van der Waals surface area (Å²) in [4.78, 5) is 0.181. The molecule has 0 saturated heterocycles. The normalized spacial score (nSPS) is 12.1. The van der Waals surface area contributed by atoms with Crippen LogP contribution in [-0.4, -0.2) is 19.8 Å². The molecule has 0 aliphatic rings. The average molecular weight is 392 g/mol. The minimum absolute atomic E-state index is 0.181. The van der Waals surface area contributed by atoms with Crippen molar-refractivity contribution >= 4 is 37.3 Å². The molecule has 7 heteroatoms. The van der Waals surface area contributed by atoms with Crippen LogP contribution in [0.25, 0.3) is 0 Å². The summed E-state index contributed by atoms with van der Waals surface area (Å²) >= 11 is 4.86. The first-order valence-electron chi connectivity index (χ1n) is 6.18. The summed E-state index contributed by atoms with van der Waals surface area (Å²) in [6.45, 7) is 3.50. The largest absolute Gasteiger partial charge is 0.243 e. The fraction of sp³-hybridized carbons (Fsp3) is 0.286. The van der Waals surface area contributed by atoms with Gasteiger partial charge in [0.15, 0.2) is 0 Å². The molecular formula is C14H15BrFNO2S2. The molecule has 1 heterocycles. The van der Waals surface area contributed by atoms with E-state index in [0.717, 1.165) is 9.35 Å². The van der Waals surface area contributed by atoms with Gasteiger partial charge in [-0.05, 0) is 70.0 Å². The van der Waals surface area contributed by atoms with Crippen LogP contribution in [0.15, 0.2) is 32.3 Å². The van der Waals surface area contributed by atoms with Crippen molar-refractivity contribution in [3.8, 4) is 0 Å². The predicted octanol–water partition coefficient (Wildman–Crippen LogP) is 4.09. The van der Waals surface area contributed by atoms with Crippen LogP contribution in [0.1, 0.15) is 16.7 Å². The zero-order valence-electron chi connectivity index (χ0n) is 11.9. The number of aryl methyl sites for hydroxylation is 2. The molecule has 0 unspecified atom stereocenters. The Hall–Kier alpha value is -0.760. The van der Waals surface area contributed by atoms with E-state index in [2.05, 4.69) is 15.9 Å². The lowest BCUT2D eigenvalue weighted by Gasteiger charge is -2.19. The summed E-state index contributed by atoms with van der Waals surface area (Å²) in [5.41, 5.74) is 1.76. The first-order chi connectivity index (χ1) is 9.71. The van der Waals surface area contributed by atoms with E-state index in [9.17, 15) is 12.8 Å². The molecule has 0 fully saturated rings. The van der Waals surface area contributed by atoms with Crippen LogP contribution >= 0.6 is 27.3 Å². The highest BCUT2D eigenvalue weighted by molar-refractivity contribution is 9.11. The Morgan fingerprint density at radius 3 is 2.29 bits per heavy atom. The van der Waals surface area contributed by atoms with Crippen LogP contribution < -0.4 is 0 Å². The van der Waals surface area contributed by atoms with Gasteiger partial charge in [-0.1, -0.05) is 0 Å². The van der Waals surface area contributed by atoms with Crippen molar-refractivity contribution in [2.24, 2.45) is 0 Å². The van der Waals surface area contributed by atoms with Gasteiger partial charge in [-0.3, -0.25) is 0 Å². The number of thiophene rings is 1. The quantitative estimate of drug-likeness (QED) is 0.786. The first-order valence-corrected chi connectivity index (χ1v) is 9.29. The Bertz CT molecular complexity index is 748. The molecule has 0 saturated carbocycles. The molecule has 2 aromatic rings. The van der Waals surface area contributed by atoms with E-state index in [0.29, 0.717) is 11.1 Å². The lowest BCUT2D eigenvalue weighted by Crippen LogP contribution is -2.27. The molecule has 0 radical (unpaired) electrons. The second kappa shape index (κ2) is 6.16. The summed E-state index contributed by atoms with van der Waals surface area (Å²) in [7, 11) is -2.12. The highest BCUT2D eigenvalue weighted by atomic mass is 79.9. The van der Waals surface area contributed by atoms with Gasteiger partial charge in [0, 0.05) is 13.6 Å². The van der Waals surface area contributed by atoms with Gasteiger partial charge >= 0.3 is 0 Å². The van der Waals surface area contributed by atoms with Gasteiger partial charge in [0.2, 0.25) is 10.0 Å². The molecule has 0 aliphatic carbocycles. The zero-order chi connectivity index (χ0) is 15.8. The molecule has 0 amide bonds. The Morgan fingerprint density at radius 2 is 1.81 bits per heavy atom. The molecule has 114 valence electrons. The maximum Gasteiger partial charge on any atom is 0.243 e. The number of rotatable bonds is 4. The van der Waals surface area contributed by atoms with E-state index >= 15 is 0 Å². The van der Waals surface area contributed by atoms with Crippen LogP contribution in [0.4, 0.5) is 4.39 Å². The highest BCUT2D eigenvalue weighted by Gasteiger charge is 2.25. The summed E-state index contributed by atoms with van der Waals surface area (Å²) in [5, 5.41) is 1.90. The summed E-state index contributed by atoms with van der Waals surface area (Å²) in [6, 6.07) is 4.38. The van der Waals surface area contributed by atoms with E-state index in [1.165, 1.54) is 34.8 Å². The van der Waals surface area contributed by atoms with Gasteiger partial charge in [0.1, 0.15) is 5.82 Å². The van der Waals surface area contributed by atoms with E-state index in [1.54, 1.807) is 13.8 Å². The lowest BCUT2D eigenvalue weighted by atomic mass is 10.1. The molecule has 3 nitrogen and oxygen atoms in total. The molecule has 21 heavy (non-hydrogen) atoms. The number of hydrogen-bond acceptors (Lipinski definition) is 3. The van der Waals surface area contributed by atoms with E-state index in [-0.39, 0.29) is 11.4 Å². The maximum atomic E-state index is 13.3. The minimum Gasteiger partial charge on any atom is -0.207 e. The van der Waals surface area contributed by atoms with Gasteiger partial charge in [0.25, 0.3) is 0 Å². The molecule has 0 bridgehead atoms. The van der Waals surface area contributed by atoms with Gasteiger partial charge in [-0.15, -0.1) is 11.3 Å². The van der Waals surface area contributed by atoms with Gasteiger partial charge in [-0.2, -0.15) is 4.31 Å². The standard InChI is InChI=1S/C14H15BrFNO2S2/c1-9-4-12(16)5-10(2)14(9)21(18,19)17(3)7-11-6-13(15)20-8-11/h4-6,8H,7H2,1-3H3. The first kappa shape index (κ1) is 16.6. The van der Waals surface area contributed by atoms with Crippen molar-refractivity contribution in [1.29, 1.82) is 0 Å². The van der Waals surface area contributed by atoms with Gasteiger partial charge < -0.3 is 0 Å².